The van der Waals surface area contributed by atoms with Gasteiger partial charge in [0.2, 0.25) is 0 Å². The van der Waals surface area contributed by atoms with Gasteiger partial charge in [0.15, 0.2) is 0 Å². The van der Waals surface area contributed by atoms with E-state index in [1.165, 1.54) is 29.1 Å². The van der Waals surface area contributed by atoms with Crippen molar-refractivity contribution in [3.63, 3.8) is 0 Å². The molecule has 0 spiro atoms. The third-order valence-corrected chi connectivity index (χ3v) is 4.93. The van der Waals surface area contributed by atoms with Gasteiger partial charge in [-0.25, -0.2) is 13.8 Å². The van der Waals surface area contributed by atoms with Gasteiger partial charge >= 0.3 is 5.69 Å². The van der Waals surface area contributed by atoms with Crippen molar-refractivity contribution in [3.8, 4) is 11.8 Å². The van der Waals surface area contributed by atoms with Crippen LogP contribution < -0.4 is 11.2 Å². The zero-order valence-electron chi connectivity index (χ0n) is 14.2. The molecule has 6 nitrogen and oxygen atoms in total. The molecule has 0 saturated heterocycles. The van der Waals surface area contributed by atoms with Gasteiger partial charge in [-0.2, -0.15) is 5.26 Å². The summed E-state index contributed by atoms with van der Waals surface area (Å²) in [6.45, 7) is -0.902. The van der Waals surface area contributed by atoms with Crippen LogP contribution in [0.1, 0.15) is 11.3 Å². The number of benzene rings is 1. The van der Waals surface area contributed by atoms with Gasteiger partial charge in [0.1, 0.15) is 12.4 Å². The Morgan fingerprint density at radius 3 is 2.81 bits per heavy atom. The number of halogens is 2. The molecule has 8 heteroatoms. The van der Waals surface area contributed by atoms with E-state index in [1.807, 2.05) is 6.07 Å². The van der Waals surface area contributed by atoms with E-state index < -0.39 is 29.7 Å². The van der Waals surface area contributed by atoms with Crippen molar-refractivity contribution >= 4 is 10.8 Å². The van der Waals surface area contributed by atoms with Crippen molar-refractivity contribution in [2.24, 2.45) is 5.92 Å². The highest BCUT2D eigenvalue weighted by Gasteiger charge is 2.30. The second-order valence-corrected chi connectivity index (χ2v) is 6.52. The Morgan fingerprint density at radius 1 is 1.26 bits per heavy atom. The summed E-state index contributed by atoms with van der Waals surface area (Å²) in [6.07, 6.45) is 3.09. The molecule has 0 radical (unpaired) electrons. The van der Waals surface area contributed by atoms with E-state index in [0.29, 0.717) is 16.6 Å². The first-order chi connectivity index (χ1) is 13.1. The molecule has 27 heavy (non-hydrogen) atoms. The minimum Gasteiger partial charge on any atom is -0.283 e. The largest absolute Gasteiger partial charge is 0.336 e. The molecule has 1 aliphatic rings. The van der Waals surface area contributed by atoms with Gasteiger partial charge in [-0.1, -0.05) is 12.1 Å². The topological polar surface area (TPSA) is 80.7 Å². The highest BCUT2D eigenvalue weighted by molar-refractivity contribution is 5.89. The van der Waals surface area contributed by atoms with Gasteiger partial charge in [-0.05, 0) is 24.8 Å². The van der Waals surface area contributed by atoms with Crippen molar-refractivity contribution in [1.29, 1.82) is 5.26 Å². The summed E-state index contributed by atoms with van der Waals surface area (Å²) in [7, 11) is 0. The summed E-state index contributed by atoms with van der Waals surface area (Å²) in [5.41, 5.74) is -0.672. The lowest BCUT2D eigenvalue weighted by Gasteiger charge is -2.14. The lowest BCUT2D eigenvalue weighted by molar-refractivity contribution is 0.370. The van der Waals surface area contributed by atoms with Crippen molar-refractivity contribution in [3.05, 3.63) is 68.5 Å². The van der Waals surface area contributed by atoms with Crippen molar-refractivity contribution < 1.29 is 8.78 Å². The van der Waals surface area contributed by atoms with Crippen molar-refractivity contribution in [1.82, 2.24) is 14.1 Å². The van der Waals surface area contributed by atoms with Gasteiger partial charge in [0, 0.05) is 28.2 Å². The Kier molecular flexibility index (Phi) is 4.07. The van der Waals surface area contributed by atoms with E-state index in [4.69, 9.17) is 5.26 Å². The SMILES string of the molecule is N#CCn1c2c(c(=O)n(-c3cncc4cccc(F)c34)c1=O)CC(CF)C2. The molecule has 0 aliphatic heterocycles. The molecule has 1 unspecified atom stereocenters. The highest BCUT2D eigenvalue weighted by Crippen LogP contribution is 2.26. The fourth-order valence-corrected chi connectivity index (χ4v) is 3.71. The first kappa shape index (κ1) is 17.1. The van der Waals surface area contributed by atoms with Crippen LogP contribution in [0, 0.1) is 23.1 Å². The second kappa shape index (κ2) is 6.43. The number of fused-ring (bicyclic) bond motifs is 2. The van der Waals surface area contributed by atoms with Crippen LogP contribution >= 0.6 is 0 Å². The number of nitrogens with zero attached hydrogens (tertiary/aromatic N) is 4. The molecule has 136 valence electrons. The summed E-state index contributed by atoms with van der Waals surface area (Å²) in [6, 6.07) is 6.27. The smallest absolute Gasteiger partial charge is 0.283 e. The van der Waals surface area contributed by atoms with Gasteiger partial charge in [-0.15, -0.1) is 0 Å². The maximum Gasteiger partial charge on any atom is 0.336 e. The van der Waals surface area contributed by atoms with Gasteiger partial charge in [0.05, 0.1) is 24.6 Å². The Hall–Kier alpha value is -3.34. The molecule has 3 aromatic rings. The van der Waals surface area contributed by atoms with Crippen LogP contribution in [0.4, 0.5) is 8.78 Å². The van der Waals surface area contributed by atoms with Crippen LogP contribution in [-0.4, -0.2) is 20.8 Å². The van der Waals surface area contributed by atoms with Gasteiger partial charge in [-0.3, -0.25) is 18.7 Å². The van der Waals surface area contributed by atoms with Crippen LogP contribution in [0.25, 0.3) is 16.5 Å². The molecule has 1 atom stereocenters. The lowest BCUT2D eigenvalue weighted by atomic mass is 10.1. The molecule has 2 aromatic heterocycles. The summed E-state index contributed by atoms with van der Waals surface area (Å²) in [5, 5.41) is 9.63. The van der Waals surface area contributed by atoms with E-state index >= 15 is 0 Å². The van der Waals surface area contributed by atoms with Crippen LogP contribution in [-0.2, 0) is 19.4 Å². The average molecular weight is 368 g/mol. The Bertz CT molecular complexity index is 1220. The predicted octanol–water partition coefficient (Wildman–Crippen LogP) is 1.89. The van der Waals surface area contributed by atoms with Crippen molar-refractivity contribution in [2.45, 2.75) is 19.4 Å². The molecule has 1 aliphatic carbocycles. The summed E-state index contributed by atoms with van der Waals surface area (Å²) < 4.78 is 29.7. The Morgan fingerprint density at radius 2 is 2.07 bits per heavy atom. The molecule has 1 aromatic carbocycles. The minimum atomic E-state index is -0.752. The zero-order chi connectivity index (χ0) is 19.1. The fourth-order valence-electron chi connectivity index (χ4n) is 3.71. The second-order valence-electron chi connectivity index (χ2n) is 6.52. The normalized spacial score (nSPS) is 15.7. The van der Waals surface area contributed by atoms with Crippen LogP contribution in [0.15, 0.2) is 40.2 Å². The molecule has 0 amide bonds. The Labute approximate surface area is 151 Å². The quantitative estimate of drug-likeness (QED) is 0.707. The van der Waals surface area contributed by atoms with E-state index in [0.717, 1.165) is 4.57 Å². The first-order valence-electron chi connectivity index (χ1n) is 8.40. The van der Waals surface area contributed by atoms with Gasteiger partial charge < -0.3 is 0 Å². The lowest BCUT2D eigenvalue weighted by Crippen LogP contribution is -2.41. The molecule has 4 rings (SSSR count). The Balaban J connectivity index is 2.11. The maximum atomic E-state index is 14.5. The average Bonchev–Trinajstić information content (AvgIpc) is 3.10. The maximum absolute atomic E-state index is 14.5. The fraction of sp³-hybridized carbons (Fsp3) is 0.263. The zero-order valence-corrected chi connectivity index (χ0v) is 14.2. The highest BCUT2D eigenvalue weighted by atomic mass is 19.1. The van der Waals surface area contributed by atoms with E-state index in [1.54, 1.807) is 6.07 Å². The summed E-state index contributed by atoms with van der Waals surface area (Å²) in [5.74, 6) is -1.000. The number of nitriles is 1. The molecule has 0 N–H and O–H groups in total. The molecular weight excluding hydrogens is 354 g/mol. The predicted molar refractivity (Wildman–Crippen MR) is 94.0 cm³/mol. The number of aromatic nitrogens is 3. The number of hydrogen-bond donors (Lipinski definition) is 0. The number of hydrogen-bond acceptors (Lipinski definition) is 4. The number of alkyl halides is 1. The van der Waals surface area contributed by atoms with Crippen LogP contribution in [0.5, 0.6) is 0 Å². The summed E-state index contributed by atoms with van der Waals surface area (Å²) >= 11 is 0. The van der Waals surface area contributed by atoms with E-state index in [2.05, 4.69) is 4.98 Å². The third kappa shape index (κ3) is 2.54. The molecule has 0 fully saturated rings. The first-order valence-corrected chi connectivity index (χ1v) is 8.40. The standard InChI is InChI=1S/C19H14F2N4O2/c20-8-11-6-13-15(7-11)24(5-4-22)19(27)25(18(13)26)16-10-23-9-12-2-1-3-14(21)17(12)16/h1-3,9-11H,5-8H2. The van der Waals surface area contributed by atoms with Crippen LogP contribution in [0.2, 0.25) is 0 Å². The van der Waals surface area contributed by atoms with E-state index in [-0.39, 0.29) is 30.5 Å². The third-order valence-electron chi connectivity index (χ3n) is 4.93. The van der Waals surface area contributed by atoms with E-state index in [9.17, 15) is 18.4 Å². The molecule has 2 heterocycles. The monoisotopic (exact) mass is 368 g/mol. The summed E-state index contributed by atoms with van der Waals surface area (Å²) in [4.78, 5) is 30.1. The van der Waals surface area contributed by atoms with Crippen LogP contribution in [0.3, 0.4) is 0 Å². The number of pyridine rings is 1. The molecular formula is C19H14F2N4O2. The minimum absolute atomic E-state index is 0.0128. The van der Waals surface area contributed by atoms with Gasteiger partial charge in [0.25, 0.3) is 5.56 Å². The molecule has 0 bridgehead atoms. The van der Waals surface area contributed by atoms with Crippen molar-refractivity contribution in [2.75, 3.05) is 6.67 Å². The number of rotatable bonds is 3. The molecule has 0 saturated carbocycles.